The highest BCUT2D eigenvalue weighted by Crippen LogP contribution is 2.42. The van der Waals surface area contributed by atoms with Gasteiger partial charge < -0.3 is 5.73 Å². The molecule has 2 fully saturated rings. The third kappa shape index (κ3) is 2.27. The van der Waals surface area contributed by atoms with E-state index in [-0.39, 0.29) is 11.3 Å². The average molecular weight is 218 g/mol. The number of hydrogen-bond acceptors (Lipinski definition) is 4. The van der Waals surface area contributed by atoms with E-state index in [9.17, 15) is 8.42 Å². The van der Waals surface area contributed by atoms with Crippen molar-refractivity contribution in [2.75, 3.05) is 31.6 Å². The number of nitrogens with two attached hydrogens (primary N) is 1. The summed E-state index contributed by atoms with van der Waals surface area (Å²) in [5, 5.41) is 0. The summed E-state index contributed by atoms with van der Waals surface area (Å²) in [6.07, 6.45) is 3.80. The first-order chi connectivity index (χ1) is 6.39. The van der Waals surface area contributed by atoms with Crippen molar-refractivity contribution in [3.8, 4) is 0 Å². The molecule has 1 saturated carbocycles. The largest absolute Gasteiger partial charge is 0.323 e. The Bertz CT molecular complexity index is 316. The van der Waals surface area contributed by atoms with Crippen LogP contribution in [0.25, 0.3) is 0 Å². The van der Waals surface area contributed by atoms with Crippen molar-refractivity contribution in [2.45, 2.75) is 18.4 Å². The number of hydrogen-bond donors (Lipinski definition) is 1. The summed E-state index contributed by atoms with van der Waals surface area (Å²) in [5.74, 6) is 0.963. The minimum Gasteiger partial charge on any atom is -0.323 e. The SMILES string of the molecule is CS(=O)(=O)CCN1CC(N)(C2CC2)C1. The molecule has 0 radical (unpaired) electrons. The van der Waals surface area contributed by atoms with Crippen LogP contribution in [0, 0.1) is 5.92 Å². The molecule has 0 unspecified atom stereocenters. The summed E-state index contributed by atoms with van der Waals surface area (Å²) < 4.78 is 21.9. The maximum Gasteiger partial charge on any atom is 0.148 e. The molecule has 1 saturated heterocycles. The van der Waals surface area contributed by atoms with Crippen molar-refractivity contribution in [2.24, 2.45) is 11.7 Å². The van der Waals surface area contributed by atoms with E-state index >= 15 is 0 Å². The van der Waals surface area contributed by atoms with Crippen molar-refractivity contribution in [1.29, 1.82) is 0 Å². The molecule has 2 N–H and O–H groups in total. The van der Waals surface area contributed by atoms with E-state index in [1.807, 2.05) is 0 Å². The molecule has 4 nitrogen and oxygen atoms in total. The van der Waals surface area contributed by atoms with Crippen LogP contribution < -0.4 is 5.73 Å². The molecule has 0 aromatic rings. The van der Waals surface area contributed by atoms with E-state index in [0.29, 0.717) is 12.5 Å². The zero-order chi connectivity index (χ0) is 10.4. The van der Waals surface area contributed by atoms with Crippen molar-refractivity contribution >= 4 is 9.84 Å². The Labute approximate surface area is 85.4 Å². The van der Waals surface area contributed by atoms with Crippen LogP contribution in [-0.2, 0) is 9.84 Å². The second-order valence-electron chi connectivity index (χ2n) is 4.85. The molecule has 1 heterocycles. The van der Waals surface area contributed by atoms with Gasteiger partial charge in [-0.15, -0.1) is 0 Å². The van der Waals surface area contributed by atoms with Crippen molar-refractivity contribution < 1.29 is 8.42 Å². The molecular formula is C9H18N2O2S. The topological polar surface area (TPSA) is 63.4 Å². The number of rotatable bonds is 4. The molecule has 0 spiro atoms. The lowest BCUT2D eigenvalue weighted by Gasteiger charge is -2.48. The van der Waals surface area contributed by atoms with Crippen LogP contribution in [0.2, 0.25) is 0 Å². The van der Waals surface area contributed by atoms with Crippen LogP contribution in [-0.4, -0.2) is 50.5 Å². The molecule has 14 heavy (non-hydrogen) atoms. The van der Waals surface area contributed by atoms with E-state index in [0.717, 1.165) is 13.1 Å². The minimum atomic E-state index is -2.82. The van der Waals surface area contributed by atoms with Gasteiger partial charge in [0.1, 0.15) is 9.84 Å². The smallest absolute Gasteiger partial charge is 0.148 e. The number of sulfone groups is 1. The van der Waals surface area contributed by atoms with E-state index in [4.69, 9.17) is 5.73 Å². The first kappa shape index (κ1) is 10.4. The number of nitrogens with zero attached hydrogens (tertiary/aromatic N) is 1. The van der Waals surface area contributed by atoms with Gasteiger partial charge >= 0.3 is 0 Å². The molecule has 0 aromatic carbocycles. The van der Waals surface area contributed by atoms with Gasteiger partial charge in [-0.05, 0) is 18.8 Å². The van der Waals surface area contributed by atoms with Gasteiger partial charge in [-0.2, -0.15) is 0 Å². The lowest BCUT2D eigenvalue weighted by atomic mass is 9.86. The van der Waals surface area contributed by atoms with E-state index in [1.54, 1.807) is 0 Å². The second-order valence-corrected chi connectivity index (χ2v) is 7.11. The average Bonchev–Trinajstić information content (AvgIpc) is 2.75. The highest BCUT2D eigenvalue weighted by atomic mass is 32.2. The molecule has 0 amide bonds. The highest BCUT2D eigenvalue weighted by molar-refractivity contribution is 7.90. The zero-order valence-corrected chi connectivity index (χ0v) is 9.39. The maximum absolute atomic E-state index is 10.9. The van der Waals surface area contributed by atoms with Crippen LogP contribution >= 0.6 is 0 Å². The summed E-state index contributed by atoms with van der Waals surface area (Å²) >= 11 is 0. The predicted octanol–water partition coefficient (Wildman–Crippen LogP) is -0.546. The quantitative estimate of drug-likeness (QED) is 0.688. The lowest BCUT2D eigenvalue weighted by Crippen LogP contribution is -2.69. The molecule has 0 aromatic heterocycles. The van der Waals surface area contributed by atoms with Crippen LogP contribution in [0.5, 0.6) is 0 Å². The monoisotopic (exact) mass is 218 g/mol. The third-order valence-electron chi connectivity index (χ3n) is 3.20. The maximum atomic E-state index is 10.9. The molecule has 2 rings (SSSR count). The van der Waals surface area contributed by atoms with Crippen LogP contribution in [0.1, 0.15) is 12.8 Å². The van der Waals surface area contributed by atoms with Crippen LogP contribution in [0.15, 0.2) is 0 Å². The van der Waals surface area contributed by atoms with Crippen molar-refractivity contribution in [3.05, 3.63) is 0 Å². The van der Waals surface area contributed by atoms with Crippen molar-refractivity contribution in [1.82, 2.24) is 4.90 Å². The Morgan fingerprint density at radius 1 is 1.43 bits per heavy atom. The highest BCUT2D eigenvalue weighted by Gasteiger charge is 2.49. The normalized spacial score (nSPS) is 27.3. The summed E-state index contributed by atoms with van der Waals surface area (Å²) in [6, 6.07) is 0. The van der Waals surface area contributed by atoms with Gasteiger partial charge in [0.15, 0.2) is 0 Å². The van der Waals surface area contributed by atoms with Crippen LogP contribution in [0.4, 0.5) is 0 Å². The Kier molecular flexibility index (Phi) is 2.36. The summed E-state index contributed by atoms with van der Waals surface area (Å²) in [7, 11) is -2.82. The fraction of sp³-hybridized carbons (Fsp3) is 1.00. The number of likely N-dealkylation sites (tertiary alicyclic amines) is 1. The Balaban J connectivity index is 1.72. The first-order valence-electron chi connectivity index (χ1n) is 5.08. The molecular weight excluding hydrogens is 200 g/mol. The van der Waals surface area contributed by atoms with E-state index in [1.165, 1.54) is 19.1 Å². The minimum absolute atomic E-state index is 0.0114. The van der Waals surface area contributed by atoms with Gasteiger partial charge in [0.25, 0.3) is 0 Å². The Morgan fingerprint density at radius 3 is 2.43 bits per heavy atom. The Morgan fingerprint density at radius 2 is 2.00 bits per heavy atom. The van der Waals surface area contributed by atoms with E-state index in [2.05, 4.69) is 4.90 Å². The van der Waals surface area contributed by atoms with Crippen LogP contribution in [0.3, 0.4) is 0 Å². The van der Waals surface area contributed by atoms with Gasteiger partial charge in [-0.1, -0.05) is 0 Å². The van der Waals surface area contributed by atoms with Gasteiger partial charge in [-0.25, -0.2) is 8.42 Å². The predicted molar refractivity (Wildman–Crippen MR) is 55.8 cm³/mol. The molecule has 5 heteroatoms. The lowest BCUT2D eigenvalue weighted by molar-refractivity contribution is 0.0609. The summed E-state index contributed by atoms with van der Waals surface area (Å²) in [5.41, 5.74) is 6.16. The Hall–Kier alpha value is -0.130. The second kappa shape index (κ2) is 3.18. The third-order valence-corrected chi connectivity index (χ3v) is 4.13. The first-order valence-corrected chi connectivity index (χ1v) is 7.14. The van der Waals surface area contributed by atoms with Gasteiger partial charge in [0, 0.05) is 31.4 Å². The summed E-state index contributed by atoms with van der Waals surface area (Å²) in [4.78, 5) is 2.14. The van der Waals surface area contributed by atoms with E-state index < -0.39 is 9.84 Å². The van der Waals surface area contributed by atoms with Crippen molar-refractivity contribution in [3.63, 3.8) is 0 Å². The fourth-order valence-corrected chi connectivity index (χ4v) is 2.75. The summed E-state index contributed by atoms with van der Waals surface area (Å²) in [6.45, 7) is 2.41. The molecule has 0 atom stereocenters. The molecule has 82 valence electrons. The van der Waals surface area contributed by atoms with Gasteiger partial charge in [0.2, 0.25) is 0 Å². The zero-order valence-electron chi connectivity index (χ0n) is 8.57. The fourth-order valence-electron chi connectivity index (χ4n) is 2.16. The van der Waals surface area contributed by atoms with Gasteiger partial charge in [-0.3, -0.25) is 4.90 Å². The molecule has 1 aliphatic carbocycles. The standard InChI is InChI=1S/C9H18N2O2S/c1-14(12,13)5-4-11-6-9(10,7-11)8-2-3-8/h8H,2-7,10H2,1H3. The van der Waals surface area contributed by atoms with Gasteiger partial charge in [0.05, 0.1) is 5.75 Å². The molecule has 0 bridgehead atoms. The molecule has 1 aliphatic heterocycles. The molecule has 2 aliphatic rings.